The molecule has 0 aromatic carbocycles. The Morgan fingerprint density at radius 1 is 1.37 bits per heavy atom. The molecule has 0 spiro atoms. The van der Waals surface area contributed by atoms with E-state index in [0.29, 0.717) is 13.1 Å². The monoisotopic (exact) mass is 272 g/mol. The number of amides is 2. The predicted octanol–water partition coefficient (Wildman–Crippen LogP) is 1.40. The number of nitrogens with zero attached hydrogens (tertiary/aromatic N) is 2. The molecule has 0 aromatic heterocycles. The van der Waals surface area contributed by atoms with Gasteiger partial charge in [0.1, 0.15) is 0 Å². The summed E-state index contributed by atoms with van der Waals surface area (Å²) in [6.45, 7) is 3.96. The SMILES string of the molecule is CCN(CCC(=O)O)C(=O)N(C)CC1CCCCO1. The molecule has 19 heavy (non-hydrogen) atoms. The molecular formula is C13H24N2O4. The zero-order valence-electron chi connectivity index (χ0n) is 11.8. The van der Waals surface area contributed by atoms with E-state index in [1.54, 1.807) is 16.8 Å². The Hall–Kier alpha value is -1.30. The fourth-order valence-electron chi connectivity index (χ4n) is 2.20. The normalized spacial score (nSPS) is 18.9. The van der Waals surface area contributed by atoms with Gasteiger partial charge in [0.25, 0.3) is 0 Å². The highest BCUT2D eigenvalue weighted by Crippen LogP contribution is 2.14. The van der Waals surface area contributed by atoms with Crippen molar-refractivity contribution in [1.29, 1.82) is 0 Å². The van der Waals surface area contributed by atoms with Crippen LogP contribution in [0.3, 0.4) is 0 Å². The Labute approximate surface area is 114 Å². The molecule has 1 N–H and O–H groups in total. The van der Waals surface area contributed by atoms with Gasteiger partial charge in [0.15, 0.2) is 0 Å². The van der Waals surface area contributed by atoms with Crippen LogP contribution >= 0.6 is 0 Å². The molecule has 0 saturated carbocycles. The summed E-state index contributed by atoms with van der Waals surface area (Å²) in [6, 6.07) is -0.127. The van der Waals surface area contributed by atoms with Gasteiger partial charge in [0, 0.05) is 33.3 Å². The van der Waals surface area contributed by atoms with Crippen LogP contribution in [0.1, 0.15) is 32.6 Å². The Morgan fingerprint density at radius 3 is 2.63 bits per heavy atom. The van der Waals surface area contributed by atoms with E-state index in [-0.39, 0.29) is 25.1 Å². The molecule has 1 unspecified atom stereocenters. The highest BCUT2D eigenvalue weighted by Gasteiger charge is 2.22. The van der Waals surface area contributed by atoms with E-state index in [1.165, 1.54) is 0 Å². The Morgan fingerprint density at radius 2 is 2.11 bits per heavy atom. The Bertz CT molecular complexity index is 303. The lowest BCUT2D eigenvalue weighted by Gasteiger charge is -2.31. The summed E-state index contributed by atoms with van der Waals surface area (Å²) in [5.41, 5.74) is 0. The molecule has 1 rings (SSSR count). The molecule has 6 nitrogen and oxygen atoms in total. The zero-order valence-corrected chi connectivity index (χ0v) is 11.8. The van der Waals surface area contributed by atoms with Gasteiger partial charge in [0.2, 0.25) is 0 Å². The number of carbonyl (C=O) groups excluding carboxylic acids is 1. The molecule has 2 amide bonds. The van der Waals surface area contributed by atoms with E-state index < -0.39 is 5.97 Å². The van der Waals surface area contributed by atoms with E-state index in [4.69, 9.17) is 9.84 Å². The molecule has 0 bridgehead atoms. The van der Waals surface area contributed by atoms with Gasteiger partial charge in [-0.1, -0.05) is 0 Å². The quantitative estimate of drug-likeness (QED) is 0.793. The molecule has 1 aliphatic rings. The highest BCUT2D eigenvalue weighted by molar-refractivity contribution is 5.75. The van der Waals surface area contributed by atoms with Crippen LogP contribution in [0.2, 0.25) is 0 Å². The van der Waals surface area contributed by atoms with Crippen LogP contribution in [0.4, 0.5) is 4.79 Å². The average molecular weight is 272 g/mol. The fourth-order valence-corrected chi connectivity index (χ4v) is 2.20. The van der Waals surface area contributed by atoms with E-state index in [1.807, 2.05) is 6.92 Å². The van der Waals surface area contributed by atoms with Crippen molar-refractivity contribution in [3.05, 3.63) is 0 Å². The summed E-state index contributed by atoms with van der Waals surface area (Å²) in [7, 11) is 1.74. The minimum absolute atomic E-state index is 0.0205. The number of hydrogen-bond acceptors (Lipinski definition) is 3. The van der Waals surface area contributed by atoms with Crippen molar-refractivity contribution in [2.45, 2.75) is 38.7 Å². The van der Waals surface area contributed by atoms with Crippen molar-refractivity contribution in [2.24, 2.45) is 0 Å². The maximum Gasteiger partial charge on any atom is 0.319 e. The standard InChI is InChI=1S/C13H24N2O4/c1-3-15(8-7-12(16)17)13(18)14(2)10-11-6-4-5-9-19-11/h11H,3-10H2,1-2H3,(H,16,17). The number of urea groups is 1. The van der Waals surface area contributed by atoms with Crippen molar-refractivity contribution < 1.29 is 19.4 Å². The van der Waals surface area contributed by atoms with E-state index >= 15 is 0 Å². The molecule has 110 valence electrons. The zero-order chi connectivity index (χ0) is 14.3. The van der Waals surface area contributed by atoms with Crippen LogP contribution in [-0.2, 0) is 9.53 Å². The maximum atomic E-state index is 12.2. The first-order valence-corrected chi connectivity index (χ1v) is 6.88. The number of hydrogen-bond donors (Lipinski definition) is 1. The number of likely N-dealkylation sites (N-methyl/N-ethyl adjacent to an activating group) is 1. The van der Waals surface area contributed by atoms with Crippen molar-refractivity contribution in [3.63, 3.8) is 0 Å². The number of ether oxygens (including phenoxy) is 1. The van der Waals surface area contributed by atoms with Crippen LogP contribution in [0.15, 0.2) is 0 Å². The molecule has 0 radical (unpaired) electrons. The maximum absolute atomic E-state index is 12.2. The number of rotatable bonds is 6. The third-order valence-corrected chi connectivity index (χ3v) is 3.33. The van der Waals surface area contributed by atoms with Crippen molar-refractivity contribution in [3.8, 4) is 0 Å². The Balaban J connectivity index is 2.41. The van der Waals surface area contributed by atoms with Crippen molar-refractivity contribution in [2.75, 3.05) is 33.3 Å². The summed E-state index contributed by atoms with van der Waals surface area (Å²) in [5.74, 6) is -0.885. The van der Waals surface area contributed by atoms with Gasteiger partial charge >= 0.3 is 12.0 Å². The predicted molar refractivity (Wildman–Crippen MR) is 71.1 cm³/mol. The number of carboxylic acids is 1. The van der Waals surface area contributed by atoms with Crippen LogP contribution < -0.4 is 0 Å². The molecular weight excluding hydrogens is 248 g/mol. The number of aliphatic carboxylic acids is 1. The fraction of sp³-hybridized carbons (Fsp3) is 0.846. The van der Waals surface area contributed by atoms with Gasteiger partial charge in [-0.3, -0.25) is 4.79 Å². The van der Waals surface area contributed by atoms with Crippen LogP contribution in [-0.4, -0.2) is 66.3 Å². The Kier molecular flexibility index (Phi) is 6.62. The molecule has 6 heteroatoms. The molecule has 1 heterocycles. The first kappa shape index (κ1) is 15.8. The summed E-state index contributed by atoms with van der Waals surface area (Å²) < 4.78 is 5.60. The van der Waals surface area contributed by atoms with E-state index in [2.05, 4.69) is 0 Å². The third-order valence-electron chi connectivity index (χ3n) is 3.33. The van der Waals surface area contributed by atoms with Gasteiger partial charge in [0.05, 0.1) is 12.5 Å². The lowest BCUT2D eigenvalue weighted by Crippen LogP contribution is -2.45. The van der Waals surface area contributed by atoms with Crippen LogP contribution in [0, 0.1) is 0 Å². The molecule has 0 aromatic rings. The van der Waals surface area contributed by atoms with Crippen LogP contribution in [0.5, 0.6) is 0 Å². The molecule has 1 aliphatic heterocycles. The second-order valence-electron chi connectivity index (χ2n) is 4.88. The minimum atomic E-state index is -0.885. The van der Waals surface area contributed by atoms with E-state index in [9.17, 15) is 9.59 Å². The molecule has 1 saturated heterocycles. The minimum Gasteiger partial charge on any atom is -0.481 e. The van der Waals surface area contributed by atoms with E-state index in [0.717, 1.165) is 25.9 Å². The van der Waals surface area contributed by atoms with Gasteiger partial charge in [-0.25, -0.2) is 4.79 Å². The second-order valence-corrected chi connectivity index (χ2v) is 4.88. The molecule has 1 atom stereocenters. The van der Waals surface area contributed by atoms with Crippen molar-refractivity contribution in [1.82, 2.24) is 9.80 Å². The lowest BCUT2D eigenvalue weighted by molar-refractivity contribution is -0.137. The largest absolute Gasteiger partial charge is 0.481 e. The molecule has 0 aliphatic carbocycles. The summed E-state index contributed by atoms with van der Waals surface area (Å²) in [6.07, 6.45) is 3.31. The first-order chi connectivity index (χ1) is 9.04. The number of carbonyl (C=O) groups is 2. The van der Waals surface area contributed by atoms with Crippen LogP contribution in [0.25, 0.3) is 0 Å². The number of carboxylic acid groups (broad SMARTS) is 1. The second kappa shape index (κ2) is 7.99. The van der Waals surface area contributed by atoms with Gasteiger partial charge in [-0.2, -0.15) is 0 Å². The lowest BCUT2D eigenvalue weighted by atomic mass is 10.1. The van der Waals surface area contributed by atoms with Gasteiger partial charge < -0.3 is 19.6 Å². The van der Waals surface area contributed by atoms with Gasteiger partial charge in [-0.15, -0.1) is 0 Å². The first-order valence-electron chi connectivity index (χ1n) is 6.88. The van der Waals surface area contributed by atoms with Gasteiger partial charge in [-0.05, 0) is 26.2 Å². The average Bonchev–Trinajstić information content (AvgIpc) is 2.40. The summed E-state index contributed by atoms with van der Waals surface area (Å²) in [4.78, 5) is 25.9. The topological polar surface area (TPSA) is 70.1 Å². The summed E-state index contributed by atoms with van der Waals surface area (Å²) in [5, 5.41) is 8.67. The summed E-state index contributed by atoms with van der Waals surface area (Å²) >= 11 is 0. The smallest absolute Gasteiger partial charge is 0.319 e. The third kappa shape index (κ3) is 5.46. The van der Waals surface area contributed by atoms with Crippen molar-refractivity contribution >= 4 is 12.0 Å². The molecule has 1 fully saturated rings. The highest BCUT2D eigenvalue weighted by atomic mass is 16.5.